The highest BCUT2D eigenvalue weighted by Gasteiger charge is 2.13. The Hall–Kier alpha value is -2.43. The number of nitriles is 1. The molecular formula is C24H14BrI2N3O3. The summed E-state index contributed by atoms with van der Waals surface area (Å²) in [5.74, 6) is 0.489. The lowest BCUT2D eigenvalue weighted by molar-refractivity contribution is 0.0929. The summed E-state index contributed by atoms with van der Waals surface area (Å²) in [6.07, 6.45) is 1.57. The number of furan rings is 1. The highest BCUT2D eigenvalue weighted by atomic mass is 127. The van der Waals surface area contributed by atoms with E-state index in [0.717, 1.165) is 33.9 Å². The summed E-state index contributed by atoms with van der Waals surface area (Å²) in [5.41, 5.74) is 5.36. The Bertz CT molecular complexity index is 1400. The van der Waals surface area contributed by atoms with Crippen LogP contribution in [0, 0.1) is 18.5 Å². The smallest absolute Gasteiger partial charge is 0.307 e. The van der Waals surface area contributed by atoms with Crippen LogP contribution < -0.4 is 10.2 Å². The van der Waals surface area contributed by atoms with Gasteiger partial charge in [0.1, 0.15) is 17.9 Å². The zero-order chi connectivity index (χ0) is 23.4. The molecule has 1 aromatic heterocycles. The number of fused-ring (bicyclic) bond motifs is 1. The minimum absolute atomic E-state index is 0.186. The molecule has 0 aliphatic carbocycles. The molecule has 4 aromatic rings. The molecule has 0 saturated carbocycles. The van der Waals surface area contributed by atoms with Gasteiger partial charge >= 0.3 is 5.91 Å². The van der Waals surface area contributed by atoms with Gasteiger partial charge in [-0.3, -0.25) is 4.79 Å². The van der Waals surface area contributed by atoms with Crippen LogP contribution in [0.4, 0.5) is 0 Å². The molecule has 4 rings (SSSR count). The van der Waals surface area contributed by atoms with E-state index in [9.17, 15) is 10.1 Å². The predicted molar refractivity (Wildman–Crippen MR) is 146 cm³/mol. The number of hydrogen-bond acceptors (Lipinski definition) is 5. The fourth-order valence-electron chi connectivity index (χ4n) is 3.04. The van der Waals surface area contributed by atoms with Gasteiger partial charge in [0, 0.05) is 15.4 Å². The van der Waals surface area contributed by atoms with Gasteiger partial charge in [0.2, 0.25) is 0 Å². The average Bonchev–Trinajstić information content (AvgIpc) is 3.22. The number of hydrazone groups is 1. The van der Waals surface area contributed by atoms with Crippen molar-refractivity contribution < 1.29 is 13.9 Å². The molecule has 3 aromatic carbocycles. The van der Waals surface area contributed by atoms with Crippen molar-refractivity contribution >= 4 is 84.2 Å². The number of carbonyl (C=O) groups excluding carboxylic acids is 1. The molecule has 164 valence electrons. The Labute approximate surface area is 225 Å². The molecule has 0 radical (unpaired) electrons. The van der Waals surface area contributed by atoms with Crippen LogP contribution in [-0.4, -0.2) is 12.1 Å². The minimum Gasteiger partial charge on any atom is -0.487 e. The number of rotatable bonds is 6. The van der Waals surface area contributed by atoms with Crippen LogP contribution in [0.15, 0.2) is 74.7 Å². The summed E-state index contributed by atoms with van der Waals surface area (Å²) < 4.78 is 14.3. The maximum atomic E-state index is 12.4. The van der Waals surface area contributed by atoms with Crippen molar-refractivity contribution in [1.29, 1.82) is 5.26 Å². The van der Waals surface area contributed by atoms with Crippen molar-refractivity contribution in [1.82, 2.24) is 5.43 Å². The van der Waals surface area contributed by atoms with E-state index < -0.39 is 5.91 Å². The number of benzene rings is 3. The second-order valence-electron chi connectivity index (χ2n) is 6.86. The molecule has 0 aliphatic heterocycles. The topological polar surface area (TPSA) is 87.6 Å². The molecule has 0 spiro atoms. The van der Waals surface area contributed by atoms with E-state index in [1.807, 2.05) is 42.5 Å². The van der Waals surface area contributed by atoms with Crippen LogP contribution >= 0.6 is 61.1 Å². The summed E-state index contributed by atoms with van der Waals surface area (Å²) in [5, 5.41) is 14.1. The molecule has 0 saturated heterocycles. The summed E-state index contributed by atoms with van der Waals surface area (Å²) in [4.78, 5) is 12.4. The van der Waals surface area contributed by atoms with Gasteiger partial charge in [-0.1, -0.05) is 34.1 Å². The van der Waals surface area contributed by atoms with Crippen molar-refractivity contribution in [3.8, 4) is 11.8 Å². The molecule has 1 N–H and O–H groups in total. The first kappa shape index (κ1) is 23.7. The number of nitrogens with one attached hydrogen (secondary N) is 1. The first-order valence-electron chi connectivity index (χ1n) is 9.57. The Morgan fingerprint density at radius 3 is 2.67 bits per heavy atom. The Balaban J connectivity index is 1.43. The highest BCUT2D eigenvalue weighted by molar-refractivity contribution is 14.1. The van der Waals surface area contributed by atoms with Gasteiger partial charge in [-0.05, 0) is 93.2 Å². The van der Waals surface area contributed by atoms with Gasteiger partial charge in [-0.15, -0.1) is 0 Å². The van der Waals surface area contributed by atoms with E-state index in [4.69, 9.17) is 9.15 Å². The van der Waals surface area contributed by atoms with Gasteiger partial charge in [0.25, 0.3) is 0 Å². The van der Waals surface area contributed by atoms with E-state index in [1.54, 1.807) is 24.4 Å². The maximum absolute atomic E-state index is 12.4. The molecule has 0 fully saturated rings. The van der Waals surface area contributed by atoms with Crippen molar-refractivity contribution in [3.63, 3.8) is 0 Å². The van der Waals surface area contributed by atoms with Gasteiger partial charge in [-0.2, -0.15) is 10.4 Å². The van der Waals surface area contributed by atoms with Crippen LogP contribution in [0.3, 0.4) is 0 Å². The zero-order valence-electron chi connectivity index (χ0n) is 16.8. The number of hydrogen-bond donors (Lipinski definition) is 1. The van der Waals surface area contributed by atoms with Crippen LogP contribution in [0.5, 0.6) is 5.75 Å². The number of halogens is 3. The van der Waals surface area contributed by atoms with Crippen LogP contribution in [-0.2, 0) is 6.61 Å². The molecule has 9 heteroatoms. The first-order chi connectivity index (χ1) is 15.9. The van der Waals surface area contributed by atoms with Gasteiger partial charge in [0.15, 0.2) is 5.76 Å². The molecule has 0 bridgehead atoms. The molecule has 1 heterocycles. The maximum Gasteiger partial charge on any atom is 0.307 e. The first-order valence-corrected chi connectivity index (χ1v) is 12.5. The Morgan fingerprint density at radius 2 is 1.91 bits per heavy atom. The van der Waals surface area contributed by atoms with E-state index in [-0.39, 0.29) is 5.76 Å². The second kappa shape index (κ2) is 10.7. The van der Waals surface area contributed by atoms with Gasteiger partial charge < -0.3 is 9.15 Å². The van der Waals surface area contributed by atoms with Crippen molar-refractivity contribution in [2.75, 3.05) is 0 Å². The summed E-state index contributed by atoms with van der Waals surface area (Å²) in [7, 11) is 0. The summed E-state index contributed by atoms with van der Waals surface area (Å²) in [6.45, 7) is 0.299. The van der Waals surface area contributed by atoms with E-state index >= 15 is 0 Å². The quantitative estimate of drug-likeness (QED) is 0.138. The fourth-order valence-corrected chi connectivity index (χ4v) is 5.55. The van der Waals surface area contributed by atoms with Crippen LogP contribution in [0.1, 0.15) is 27.2 Å². The largest absolute Gasteiger partial charge is 0.487 e. The predicted octanol–water partition coefficient (Wildman–Crippen LogP) is 6.62. The normalized spacial score (nSPS) is 11.0. The lowest BCUT2D eigenvalue weighted by Crippen LogP contribution is -2.16. The Kier molecular flexibility index (Phi) is 7.67. The van der Waals surface area contributed by atoms with Crippen LogP contribution in [0.25, 0.3) is 11.0 Å². The average molecular weight is 726 g/mol. The Morgan fingerprint density at radius 1 is 1.15 bits per heavy atom. The van der Waals surface area contributed by atoms with Gasteiger partial charge in [-0.25, -0.2) is 5.43 Å². The van der Waals surface area contributed by atoms with Crippen molar-refractivity contribution in [2.45, 2.75) is 6.61 Å². The van der Waals surface area contributed by atoms with Crippen molar-refractivity contribution in [3.05, 3.63) is 94.7 Å². The molecule has 1 amide bonds. The highest BCUT2D eigenvalue weighted by Crippen LogP contribution is 2.29. The molecule has 0 aliphatic rings. The molecule has 33 heavy (non-hydrogen) atoms. The third kappa shape index (κ3) is 5.74. The van der Waals surface area contributed by atoms with Crippen molar-refractivity contribution in [2.24, 2.45) is 5.10 Å². The molecule has 6 nitrogen and oxygen atoms in total. The molecule has 0 unspecified atom stereocenters. The van der Waals surface area contributed by atoms with Crippen LogP contribution in [0.2, 0.25) is 0 Å². The van der Waals surface area contributed by atoms with Gasteiger partial charge in [0.05, 0.1) is 25.0 Å². The number of ether oxygens (including phenoxy) is 1. The standard InChI is InChI=1S/C24H14BrI2N3O3/c25-18-5-6-21-17(9-18)10-22(33-21)24(31)30-29-12-14-7-19(26)23(20(27)8-14)32-13-16-4-2-1-3-15(16)11-28/h1-10,12H,13H2,(H,30,31). The SMILES string of the molecule is N#Cc1ccccc1COc1c(I)cc(C=NNC(=O)c2cc3cc(Br)ccc3o2)cc1I. The van der Waals surface area contributed by atoms with E-state index in [2.05, 4.69) is 77.7 Å². The zero-order valence-corrected chi connectivity index (χ0v) is 22.7. The monoisotopic (exact) mass is 725 g/mol. The van der Waals surface area contributed by atoms with E-state index in [1.165, 1.54) is 0 Å². The fraction of sp³-hybridized carbons (Fsp3) is 0.0417. The second-order valence-corrected chi connectivity index (χ2v) is 10.1. The molecule has 0 atom stereocenters. The lowest BCUT2D eigenvalue weighted by atomic mass is 10.1. The number of nitrogens with zero attached hydrogens (tertiary/aromatic N) is 2. The lowest BCUT2D eigenvalue weighted by Gasteiger charge is -2.12. The molecular weight excluding hydrogens is 712 g/mol. The third-order valence-electron chi connectivity index (χ3n) is 4.61. The number of amides is 1. The number of carbonyl (C=O) groups is 1. The minimum atomic E-state index is -0.431. The third-order valence-corrected chi connectivity index (χ3v) is 6.71. The summed E-state index contributed by atoms with van der Waals surface area (Å²) >= 11 is 7.79. The van der Waals surface area contributed by atoms with E-state index in [0.29, 0.717) is 17.8 Å². The summed E-state index contributed by atoms with van der Waals surface area (Å²) in [6, 6.07) is 20.6.